The molecular weight excluding hydrogens is 581 g/mol. The topological polar surface area (TPSA) is 90.3 Å². The van der Waals surface area contributed by atoms with Gasteiger partial charge in [0.25, 0.3) is 5.91 Å². The van der Waals surface area contributed by atoms with Crippen molar-refractivity contribution in [1.29, 1.82) is 0 Å². The fourth-order valence-corrected chi connectivity index (χ4v) is 6.27. The number of hydrogen-bond donors (Lipinski definition) is 1. The summed E-state index contributed by atoms with van der Waals surface area (Å²) in [5.41, 5.74) is -2.50. The first-order valence-corrected chi connectivity index (χ1v) is 15.5. The lowest BCUT2D eigenvalue weighted by atomic mass is 9.75. The summed E-state index contributed by atoms with van der Waals surface area (Å²) in [5.74, 6) is 1.66. The van der Waals surface area contributed by atoms with E-state index in [4.69, 9.17) is 11.2 Å². The fraction of sp³-hybridized carbons (Fsp3) is 0.586. The Balaban J connectivity index is 1.94. The molecule has 0 aliphatic heterocycles. The maximum Gasteiger partial charge on any atom is 0.394 e. The number of nitrogens with zero attached hydrogens (tertiary/aromatic N) is 2. The molecule has 3 rings (SSSR count). The lowest BCUT2D eigenvalue weighted by molar-refractivity contribution is -0.211. The summed E-state index contributed by atoms with van der Waals surface area (Å²) < 4.78 is 97.1. The molecule has 0 bridgehead atoms. The number of sulfone groups is 1. The predicted molar refractivity (Wildman–Crippen MR) is 149 cm³/mol. The summed E-state index contributed by atoms with van der Waals surface area (Å²) in [6, 6.07) is 3.81. The van der Waals surface area contributed by atoms with Crippen molar-refractivity contribution in [2.45, 2.75) is 84.3 Å². The first-order chi connectivity index (χ1) is 19.3. The Bertz CT molecular complexity index is 1450. The van der Waals surface area contributed by atoms with Crippen LogP contribution in [0.4, 0.5) is 22.0 Å². The van der Waals surface area contributed by atoms with Crippen LogP contribution < -0.4 is 10.1 Å². The standard InChI is InChI=1S/C29H36F5N3O4S/c1-7-20-24(25(38)35-17-28(5)13-11-19(12-14-28)42(6,39)40)36-23(8-2)37(20)21-10-9-18(15-22(21)41-26(30)31)16-27(3,4)29(32,33)34/h1,9-10,15,19,26H,8,11-14,16-17H2,2-6H3,(H,35,38)/t19-,28-. The summed E-state index contributed by atoms with van der Waals surface area (Å²) >= 11 is 0. The van der Waals surface area contributed by atoms with Crippen molar-refractivity contribution in [3.05, 3.63) is 41.0 Å². The summed E-state index contributed by atoms with van der Waals surface area (Å²) in [4.78, 5) is 17.7. The Kier molecular flexibility index (Phi) is 9.71. The molecule has 2 aromatic rings. The van der Waals surface area contributed by atoms with E-state index in [2.05, 4.69) is 16.2 Å². The van der Waals surface area contributed by atoms with Crippen LogP contribution in [-0.2, 0) is 22.7 Å². The minimum atomic E-state index is -4.53. The quantitative estimate of drug-likeness (QED) is 0.266. The number of halogens is 5. The van der Waals surface area contributed by atoms with Gasteiger partial charge in [-0.05, 0) is 61.1 Å². The molecule has 1 N–H and O–H groups in total. The SMILES string of the molecule is C#Cc1c(C(=O)NC[C@]2(C)CC[C@@H](S(C)(=O)=O)CC2)nc(CC)n1-c1ccc(CC(C)(C)C(F)(F)F)cc1OC(F)F. The molecule has 1 aromatic heterocycles. The van der Waals surface area contributed by atoms with E-state index in [0.29, 0.717) is 25.7 Å². The Morgan fingerprint density at radius 1 is 1.26 bits per heavy atom. The van der Waals surface area contributed by atoms with E-state index in [9.17, 15) is 35.2 Å². The van der Waals surface area contributed by atoms with Gasteiger partial charge in [-0.25, -0.2) is 13.4 Å². The molecule has 0 radical (unpaired) electrons. The van der Waals surface area contributed by atoms with Crippen LogP contribution in [0, 0.1) is 23.2 Å². The van der Waals surface area contributed by atoms with Crippen LogP contribution in [0.2, 0.25) is 0 Å². The molecule has 0 spiro atoms. The number of amides is 1. The molecule has 7 nitrogen and oxygen atoms in total. The smallest absolute Gasteiger partial charge is 0.394 e. The number of nitrogens with one attached hydrogen (secondary N) is 1. The van der Waals surface area contributed by atoms with Crippen molar-refractivity contribution in [1.82, 2.24) is 14.9 Å². The Morgan fingerprint density at radius 3 is 2.38 bits per heavy atom. The van der Waals surface area contributed by atoms with E-state index in [0.717, 1.165) is 19.9 Å². The third-order valence-electron chi connectivity index (χ3n) is 7.93. The third-order valence-corrected chi connectivity index (χ3v) is 9.61. The van der Waals surface area contributed by atoms with E-state index in [1.165, 1.54) is 23.0 Å². The molecule has 1 heterocycles. The molecule has 13 heteroatoms. The minimum Gasteiger partial charge on any atom is -0.433 e. The van der Waals surface area contributed by atoms with Gasteiger partial charge in [0.05, 0.1) is 16.4 Å². The zero-order valence-electron chi connectivity index (χ0n) is 24.2. The van der Waals surface area contributed by atoms with E-state index < -0.39 is 51.4 Å². The van der Waals surface area contributed by atoms with Gasteiger partial charge in [-0.3, -0.25) is 9.36 Å². The number of ether oxygens (including phenoxy) is 1. The van der Waals surface area contributed by atoms with Gasteiger partial charge in [0.15, 0.2) is 5.69 Å². The second-order valence-corrected chi connectivity index (χ2v) is 14.1. The van der Waals surface area contributed by atoms with Crippen molar-refractivity contribution in [2.75, 3.05) is 12.8 Å². The number of benzene rings is 1. The van der Waals surface area contributed by atoms with Crippen LogP contribution in [0.3, 0.4) is 0 Å². The monoisotopic (exact) mass is 617 g/mol. The number of imidazole rings is 1. The van der Waals surface area contributed by atoms with Crippen molar-refractivity contribution in [3.8, 4) is 23.8 Å². The number of aryl methyl sites for hydroxylation is 1. The second-order valence-electron chi connectivity index (χ2n) is 11.8. The van der Waals surface area contributed by atoms with Crippen LogP contribution in [-0.4, -0.2) is 54.7 Å². The molecule has 232 valence electrons. The van der Waals surface area contributed by atoms with E-state index in [1.54, 1.807) is 6.92 Å². The highest BCUT2D eigenvalue weighted by molar-refractivity contribution is 7.91. The predicted octanol–water partition coefficient (Wildman–Crippen LogP) is 5.87. The first kappa shape index (κ1) is 33.4. The minimum absolute atomic E-state index is 0.00581. The Morgan fingerprint density at radius 2 is 1.88 bits per heavy atom. The number of aromatic nitrogens is 2. The third kappa shape index (κ3) is 7.43. The molecule has 1 aromatic carbocycles. The van der Waals surface area contributed by atoms with E-state index in [1.807, 2.05) is 6.92 Å². The summed E-state index contributed by atoms with van der Waals surface area (Å²) in [5, 5.41) is 2.42. The molecule has 42 heavy (non-hydrogen) atoms. The lowest BCUT2D eigenvalue weighted by Gasteiger charge is -2.36. The summed E-state index contributed by atoms with van der Waals surface area (Å²) in [6.45, 7) is 2.66. The highest BCUT2D eigenvalue weighted by atomic mass is 32.2. The molecule has 0 saturated heterocycles. The number of hydrogen-bond acceptors (Lipinski definition) is 5. The van der Waals surface area contributed by atoms with Crippen molar-refractivity contribution in [2.24, 2.45) is 10.8 Å². The molecule has 1 saturated carbocycles. The van der Waals surface area contributed by atoms with Gasteiger partial charge >= 0.3 is 12.8 Å². The normalized spacial score (nSPS) is 19.9. The molecule has 1 amide bonds. The summed E-state index contributed by atoms with van der Waals surface area (Å²) in [7, 11) is -3.15. The average molecular weight is 618 g/mol. The van der Waals surface area contributed by atoms with Crippen LogP contribution in [0.1, 0.15) is 80.9 Å². The number of terminal acetylenes is 1. The molecule has 0 atom stereocenters. The van der Waals surface area contributed by atoms with Gasteiger partial charge in [0.1, 0.15) is 27.1 Å². The number of rotatable bonds is 10. The Hall–Kier alpha value is -3.14. The van der Waals surface area contributed by atoms with Crippen LogP contribution >= 0.6 is 0 Å². The summed E-state index contributed by atoms with van der Waals surface area (Å²) in [6.07, 6.45) is 4.36. The maximum atomic E-state index is 13.5. The number of carbonyl (C=O) groups is 1. The van der Waals surface area contributed by atoms with Gasteiger partial charge in [0.2, 0.25) is 0 Å². The van der Waals surface area contributed by atoms with Crippen LogP contribution in [0.25, 0.3) is 5.69 Å². The highest BCUT2D eigenvalue weighted by Crippen LogP contribution is 2.41. The zero-order chi connectivity index (χ0) is 31.7. The average Bonchev–Trinajstić information content (AvgIpc) is 3.24. The Labute approximate surface area is 243 Å². The molecular formula is C29H36F5N3O4S. The van der Waals surface area contributed by atoms with Crippen LogP contribution in [0.5, 0.6) is 5.75 Å². The largest absolute Gasteiger partial charge is 0.433 e. The van der Waals surface area contributed by atoms with Gasteiger partial charge in [-0.2, -0.15) is 22.0 Å². The van der Waals surface area contributed by atoms with Gasteiger partial charge in [-0.1, -0.05) is 33.8 Å². The first-order valence-electron chi connectivity index (χ1n) is 13.5. The van der Waals surface area contributed by atoms with Crippen molar-refractivity contribution >= 4 is 15.7 Å². The molecule has 1 fully saturated rings. The van der Waals surface area contributed by atoms with E-state index >= 15 is 0 Å². The molecule has 1 aliphatic rings. The van der Waals surface area contributed by atoms with Gasteiger partial charge < -0.3 is 10.1 Å². The maximum absolute atomic E-state index is 13.5. The lowest BCUT2D eigenvalue weighted by Crippen LogP contribution is -2.40. The second kappa shape index (κ2) is 12.2. The van der Waals surface area contributed by atoms with Gasteiger partial charge in [0, 0.05) is 19.2 Å². The number of alkyl halides is 5. The fourth-order valence-electron chi connectivity index (χ4n) is 5.18. The van der Waals surface area contributed by atoms with Crippen molar-refractivity contribution < 1.29 is 39.9 Å². The van der Waals surface area contributed by atoms with E-state index in [-0.39, 0.29) is 46.8 Å². The van der Waals surface area contributed by atoms with Crippen LogP contribution in [0.15, 0.2) is 18.2 Å². The zero-order valence-corrected chi connectivity index (χ0v) is 25.1. The van der Waals surface area contributed by atoms with Gasteiger partial charge in [-0.15, -0.1) is 6.42 Å². The highest BCUT2D eigenvalue weighted by Gasteiger charge is 2.47. The molecule has 0 unspecified atom stereocenters. The molecule has 1 aliphatic carbocycles. The number of carbonyl (C=O) groups excluding carboxylic acids is 1. The van der Waals surface area contributed by atoms with Crippen molar-refractivity contribution in [3.63, 3.8) is 0 Å².